The summed E-state index contributed by atoms with van der Waals surface area (Å²) in [5, 5.41) is 5.87. The third kappa shape index (κ3) is 4.68. The standard InChI is InChI=1S/C19H22BrN3O4/c1-11(17(24)23-19(26)21-12-7-3-2-4-8-12)27-18(25)16-15(20)13-9-5-6-10-14(13)22-16/h5-6,9-12,22H,2-4,7-8H2,1H3,(H2,21,23,24,26). The van der Waals surface area contributed by atoms with E-state index in [0.29, 0.717) is 4.47 Å². The van der Waals surface area contributed by atoms with E-state index in [1.807, 2.05) is 24.3 Å². The summed E-state index contributed by atoms with van der Waals surface area (Å²) in [6, 6.07) is 6.94. The number of carbonyl (C=O) groups is 3. The molecule has 8 heteroatoms. The second-order valence-electron chi connectivity index (χ2n) is 6.70. The van der Waals surface area contributed by atoms with Crippen LogP contribution in [0.25, 0.3) is 10.9 Å². The largest absolute Gasteiger partial charge is 0.448 e. The zero-order valence-electron chi connectivity index (χ0n) is 15.0. The smallest absolute Gasteiger partial charge is 0.356 e. The van der Waals surface area contributed by atoms with Gasteiger partial charge in [-0.2, -0.15) is 0 Å². The molecule has 0 aliphatic heterocycles. The maximum atomic E-state index is 12.4. The first kappa shape index (κ1) is 19.4. The summed E-state index contributed by atoms with van der Waals surface area (Å²) in [6.45, 7) is 1.43. The first-order valence-corrected chi connectivity index (χ1v) is 9.83. The first-order chi connectivity index (χ1) is 13.0. The van der Waals surface area contributed by atoms with Gasteiger partial charge in [-0.3, -0.25) is 10.1 Å². The summed E-state index contributed by atoms with van der Waals surface area (Å²) in [7, 11) is 0. The van der Waals surface area contributed by atoms with E-state index in [1.54, 1.807) is 0 Å². The maximum Gasteiger partial charge on any atom is 0.356 e. The Morgan fingerprint density at radius 1 is 1.19 bits per heavy atom. The van der Waals surface area contributed by atoms with Gasteiger partial charge >= 0.3 is 12.0 Å². The summed E-state index contributed by atoms with van der Waals surface area (Å²) in [6.07, 6.45) is 4.06. The minimum Gasteiger partial charge on any atom is -0.448 e. The van der Waals surface area contributed by atoms with Gasteiger partial charge in [0.25, 0.3) is 5.91 Å². The van der Waals surface area contributed by atoms with E-state index in [-0.39, 0.29) is 11.7 Å². The predicted octanol–water partition coefficient (Wildman–Crippen LogP) is 3.63. The number of aromatic nitrogens is 1. The van der Waals surface area contributed by atoms with Crippen molar-refractivity contribution in [3.05, 3.63) is 34.4 Å². The summed E-state index contributed by atoms with van der Waals surface area (Å²) < 4.78 is 5.78. The molecule has 1 aromatic heterocycles. The number of ether oxygens (including phenoxy) is 1. The molecule has 1 heterocycles. The van der Waals surface area contributed by atoms with Crippen molar-refractivity contribution in [1.29, 1.82) is 0 Å². The molecule has 0 saturated heterocycles. The molecule has 1 aromatic carbocycles. The molecule has 0 spiro atoms. The van der Waals surface area contributed by atoms with Crippen LogP contribution in [0.1, 0.15) is 49.5 Å². The Hall–Kier alpha value is -2.35. The number of fused-ring (bicyclic) bond motifs is 1. The Morgan fingerprint density at radius 3 is 2.59 bits per heavy atom. The number of carbonyl (C=O) groups excluding carboxylic acids is 3. The number of amides is 3. The Kier molecular flexibility index (Phi) is 6.15. The molecule has 1 fully saturated rings. The topological polar surface area (TPSA) is 100 Å². The van der Waals surface area contributed by atoms with E-state index >= 15 is 0 Å². The van der Waals surface area contributed by atoms with E-state index in [0.717, 1.165) is 36.6 Å². The van der Waals surface area contributed by atoms with Crippen LogP contribution in [0.2, 0.25) is 0 Å². The number of hydrogen-bond acceptors (Lipinski definition) is 4. The normalized spacial score (nSPS) is 15.9. The van der Waals surface area contributed by atoms with Crippen LogP contribution in [-0.2, 0) is 9.53 Å². The van der Waals surface area contributed by atoms with E-state index in [9.17, 15) is 14.4 Å². The van der Waals surface area contributed by atoms with Crippen LogP contribution < -0.4 is 10.6 Å². The van der Waals surface area contributed by atoms with Crippen molar-refractivity contribution in [1.82, 2.24) is 15.6 Å². The van der Waals surface area contributed by atoms with Crippen molar-refractivity contribution >= 4 is 44.7 Å². The van der Waals surface area contributed by atoms with Crippen LogP contribution in [0, 0.1) is 0 Å². The van der Waals surface area contributed by atoms with Gasteiger partial charge in [0.05, 0.1) is 4.47 Å². The van der Waals surface area contributed by atoms with Gasteiger partial charge in [-0.1, -0.05) is 37.5 Å². The molecule has 1 aliphatic carbocycles. The number of para-hydroxylation sites is 1. The summed E-state index contributed by atoms with van der Waals surface area (Å²) in [4.78, 5) is 39.5. The fourth-order valence-electron chi connectivity index (χ4n) is 3.20. The molecule has 1 aliphatic rings. The molecular formula is C19H22BrN3O4. The van der Waals surface area contributed by atoms with Gasteiger partial charge in [0, 0.05) is 16.9 Å². The lowest BCUT2D eigenvalue weighted by molar-refractivity contribution is -0.127. The molecule has 27 heavy (non-hydrogen) atoms. The van der Waals surface area contributed by atoms with Crippen LogP contribution in [0.5, 0.6) is 0 Å². The fraction of sp³-hybridized carbons (Fsp3) is 0.421. The highest BCUT2D eigenvalue weighted by molar-refractivity contribution is 9.10. The lowest BCUT2D eigenvalue weighted by Gasteiger charge is -2.23. The van der Waals surface area contributed by atoms with Gasteiger partial charge < -0.3 is 15.0 Å². The number of benzene rings is 1. The Balaban J connectivity index is 1.56. The van der Waals surface area contributed by atoms with Crippen LogP contribution in [-0.4, -0.2) is 35.0 Å². The minimum absolute atomic E-state index is 0.0895. The Bertz CT molecular complexity index is 858. The number of hydrogen-bond donors (Lipinski definition) is 3. The highest BCUT2D eigenvalue weighted by Crippen LogP contribution is 2.28. The van der Waals surface area contributed by atoms with Gasteiger partial charge in [0.2, 0.25) is 0 Å². The van der Waals surface area contributed by atoms with E-state index in [2.05, 4.69) is 31.5 Å². The SMILES string of the molecule is CC(OC(=O)c1[nH]c2ccccc2c1Br)C(=O)NC(=O)NC1CCCCC1. The van der Waals surface area contributed by atoms with Gasteiger partial charge in [0.1, 0.15) is 5.69 Å². The van der Waals surface area contributed by atoms with Crippen LogP contribution in [0.4, 0.5) is 4.79 Å². The average Bonchev–Trinajstić information content (AvgIpc) is 2.99. The van der Waals surface area contributed by atoms with Crippen molar-refractivity contribution in [2.24, 2.45) is 0 Å². The lowest BCUT2D eigenvalue weighted by Crippen LogP contribution is -2.48. The van der Waals surface area contributed by atoms with E-state index in [4.69, 9.17) is 4.74 Å². The molecule has 1 atom stereocenters. The van der Waals surface area contributed by atoms with E-state index < -0.39 is 24.0 Å². The highest BCUT2D eigenvalue weighted by atomic mass is 79.9. The first-order valence-electron chi connectivity index (χ1n) is 9.04. The van der Waals surface area contributed by atoms with Crippen LogP contribution in [0.15, 0.2) is 28.7 Å². The van der Waals surface area contributed by atoms with Crippen molar-refractivity contribution in [2.75, 3.05) is 0 Å². The number of imide groups is 1. The van der Waals surface area contributed by atoms with Gasteiger partial charge in [-0.05, 0) is 41.8 Å². The van der Waals surface area contributed by atoms with Crippen molar-refractivity contribution in [3.8, 4) is 0 Å². The predicted molar refractivity (Wildman–Crippen MR) is 104 cm³/mol. The molecule has 3 amide bonds. The third-order valence-corrected chi connectivity index (χ3v) is 5.50. The summed E-state index contributed by atoms with van der Waals surface area (Å²) >= 11 is 3.38. The average molecular weight is 436 g/mol. The second kappa shape index (κ2) is 8.56. The molecule has 1 saturated carbocycles. The molecule has 3 N–H and O–H groups in total. The second-order valence-corrected chi connectivity index (χ2v) is 7.50. The molecule has 144 valence electrons. The third-order valence-electron chi connectivity index (χ3n) is 4.68. The number of nitrogens with one attached hydrogen (secondary N) is 3. The lowest BCUT2D eigenvalue weighted by atomic mass is 9.96. The Morgan fingerprint density at radius 2 is 1.89 bits per heavy atom. The Labute approximate surface area is 165 Å². The molecule has 0 radical (unpaired) electrons. The van der Waals surface area contributed by atoms with Gasteiger partial charge in [0.15, 0.2) is 6.10 Å². The molecule has 3 rings (SSSR count). The molecule has 0 bridgehead atoms. The number of aromatic amines is 1. The zero-order valence-corrected chi connectivity index (χ0v) is 16.6. The van der Waals surface area contributed by atoms with Crippen molar-refractivity contribution in [3.63, 3.8) is 0 Å². The maximum absolute atomic E-state index is 12.4. The van der Waals surface area contributed by atoms with Crippen molar-refractivity contribution < 1.29 is 19.1 Å². The minimum atomic E-state index is -1.10. The molecule has 1 unspecified atom stereocenters. The monoisotopic (exact) mass is 435 g/mol. The summed E-state index contributed by atoms with van der Waals surface area (Å²) in [5.74, 6) is -1.34. The van der Waals surface area contributed by atoms with Gasteiger partial charge in [-0.15, -0.1) is 0 Å². The number of urea groups is 1. The summed E-state index contributed by atoms with van der Waals surface area (Å²) in [5.41, 5.74) is 1.00. The number of halogens is 1. The molecule has 7 nitrogen and oxygen atoms in total. The number of esters is 1. The zero-order chi connectivity index (χ0) is 19.4. The van der Waals surface area contributed by atoms with Gasteiger partial charge in [-0.25, -0.2) is 9.59 Å². The van der Waals surface area contributed by atoms with Crippen LogP contribution in [0.3, 0.4) is 0 Å². The fourth-order valence-corrected chi connectivity index (χ4v) is 3.81. The molecule has 2 aromatic rings. The van der Waals surface area contributed by atoms with E-state index in [1.165, 1.54) is 13.3 Å². The quantitative estimate of drug-likeness (QED) is 0.638. The molecular weight excluding hydrogens is 414 g/mol. The highest BCUT2D eigenvalue weighted by Gasteiger charge is 2.25. The van der Waals surface area contributed by atoms with Crippen molar-refractivity contribution in [2.45, 2.75) is 51.2 Å². The number of rotatable bonds is 4. The number of H-pyrrole nitrogens is 1. The van der Waals surface area contributed by atoms with Crippen LogP contribution >= 0.6 is 15.9 Å².